The number of nitrogens with zero attached hydrogens (tertiary/aromatic N) is 2. The molecule has 1 N–H and O–H groups in total. The van der Waals surface area contributed by atoms with Gasteiger partial charge in [-0.25, -0.2) is 0 Å². The molecule has 0 aliphatic carbocycles. The van der Waals surface area contributed by atoms with Gasteiger partial charge in [-0.2, -0.15) is 4.98 Å². The van der Waals surface area contributed by atoms with Gasteiger partial charge in [0.15, 0.2) is 5.78 Å². The van der Waals surface area contributed by atoms with Crippen LogP contribution in [0.1, 0.15) is 36.5 Å². The van der Waals surface area contributed by atoms with Gasteiger partial charge in [0.1, 0.15) is 18.0 Å². The first kappa shape index (κ1) is 12.8. The van der Waals surface area contributed by atoms with Crippen molar-refractivity contribution >= 4 is 5.78 Å². The van der Waals surface area contributed by atoms with Gasteiger partial charge >= 0.3 is 0 Å². The van der Waals surface area contributed by atoms with Crippen LogP contribution in [0.2, 0.25) is 0 Å². The van der Waals surface area contributed by atoms with Crippen molar-refractivity contribution in [1.82, 2.24) is 9.55 Å². The molecule has 1 aliphatic rings. The summed E-state index contributed by atoms with van der Waals surface area (Å²) in [5, 5.41) is 9.73. The fourth-order valence-electron chi connectivity index (χ4n) is 1.96. The van der Waals surface area contributed by atoms with E-state index in [-0.39, 0.29) is 30.3 Å². The molecule has 1 aliphatic heterocycles. The standard InChI is InChI=1S/C12H16N2O4/c1-7(2)5-8(15)10-11(16)13-9-6-18-4-3-14(9)12(10)17/h7,16H,3-6H2,1-2H3. The molecule has 1 aromatic heterocycles. The number of aromatic hydroxyl groups is 1. The topological polar surface area (TPSA) is 81.4 Å². The zero-order chi connectivity index (χ0) is 13.3. The molecule has 6 heteroatoms. The summed E-state index contributed by atoms with van der Waals surface area (Å²) in [4.78, 5) is 28.0. The summed E-state index contributed by atoms with van der Waals surface area (Å²) < 4.78 is 6.55. The van der Waals surface area contributed by atoms with E-state index in [9.17, 15) is 14.7 Å². The lowest BCUT2D eigenvalue weighted by atomic mass is 10.0. The molecule has 18 heavy (non-hydrogen) atoms. The minimum absolute atomic E-state index is 0.126. The van der Waals surface area contributed by atoms with E-state index >= 15 is 0 Å². The normalized spacial score (nSPS) is 14.6. The second kappa shape index (κ2) is 4.89. The largest absolute Gasteiger partial charge is 0.493 e. The lowest BCUT2D eigenvalue weighted by Crippen LogP contribution is -2.34. The maximum absolute atomic E-state index is 12.1. The van der Waals surface area contributed by atoms with Gasteiger partial charge in [-0.3, -0.25) is 14.2 Å². The third kappa shape index (κ3) is 2.28. The summed E-state index contributed by atoms with van der Waals surface area (Å²) in [5.74, 6) is -0.352. The third-order valence-corrected chi connectivity index (χ3v) is 2.79. The van der Waals surface area contributed by atoms with Gasteiger partial charge < -0.3 is 9.84 Å². The molecule has 0 amide bonds. The van der Waals surface area contributed by atoms with Gasteiger partial charge in [-0.1, -0.05) is 13.8 Å². The molecule has 2 rings (SSSR count). The van der Waals surface area contributed by atoms with Crippen LogP contribution in [0.3, 0.4) is 0 Å². The molecule has 2 heterocycles. The highest BCUT2D eigenvalue weighted by molar-refractivity contribution is 5.97. The van der Waals surface area contributed by atoms with E-state index in [1.54, 1.807) is 0 Å². The summed E-state index contributed by atoms with van der Waals surface area (Å²) in [5.41, 5.74) is -0.666. The molecular weight excluding hydrogens is 236 g/mol. The number of ether oxygens (including phenoxy) is 1. The van der Waals surface area contributed by atoms with Crippen molar-refractivity contribution < 1.29 is 14.6 Å². The molecule has 0 fully saturated rings. The highest BCUT2D eigenvalue weighted by Crippen LogP contribution is 2.16. The Bertz CT molecular complexity index is 534. The van der Waals surface area contributed by atoms with E-state index in [4.69, 9.17) is 4.74 Å². The van der Waals surface area contributed by atoms with Gasteiger partial charge in [0.2, 0.25) is 5.88 Å². The molecular formula is C12H16N2O4. The lowest BCUT2D eigenvalue weighted by Gasteiger charge is -2.18. The van der Waals surface area contributed by atoms with Crippen molar-refractivity contribution in [1.29, 1.82) is 0 Å². The molecule has 0 unspecified atom stereocenters. The second-order valence-corrected chi connectivity index (χ2v) is 4.76. The molecule has 0 saturated carbocycles. The third-order valence-electron chi connectivity index (χ3n) is 2.79. The van der Waals surface area contributed by atoms with Crippen LogP contribution in [0.5, 0.6) is 5.88 Å². The summed E-state index contributed by atoms with van der Waals surface area (Å²) >= 11 is 0. The molecule has 0 radical (unpaired) electrons. The Hall–Kier alpha value is -1.69. The number of hydrogen-bond acceptors (Lipinski definition) is 5. The molecule has 0 spiro atoms. The van der Waals surface area contributed by atoms with Gasteiger partial charge in [0.25, 0.3) is 5.56 Å². The summed E-state index contributed by atoms with van der Waals surface area (Å²) in [6, 6.07) is 0. The van der Waals surface area contributed by atoms with Crippen LogP contribution in [0.25, 0.3) is 0 Å². The van der Waals surface area contributed by atoms with Crippen LogP contribution >= 0.6 is 0 Å². The van der Waals surface area contributed by atoms with Crippen LogP contribution in [0.15, 0.2) is 4.79 Å². The van der Waals surface area contributed by atoms with Gasteiger partial charge in [-0.15, -0.1) is 0 Å². The summed E-state index contributed by atoms with van der Waals surface area (Å²) in [6.45, 7) is 4.72. The average Bonchev–Trinajstić information content (AvgIpc) is 2.27. The van der Waals surface area contributed by atoms with E-state index in [1.807, 2.05) is 13.8 Å². The van der Waals surface area contributed by atoms with Gasteiger partial charge in [0, 0.05) is 6.42 Å². The molecule has 0 saturated heterocycles. The van der Waals surface area contributed by atoms with Crippen molar-refractivity contribution in [2.75, 3.05) is 6.61 Å². The number of carbonyl (C=O) groups excluding carboxylic acids is 1. The quantitative estimate of drug-likeness (QED) is 0.801. The van der Waals surface area contributed by atoms with Crippen molar-refractivity contribution in [3.05, 3.63) is 21.7 Å². The first-order valence-corrected chi connectivity index (χ1v) is 5.94. The minimum Gasteiger partial charge on any atom is -0.493 e. The van der Waals surface area contributed by atoms with Crippen LogP contribution in [0.4, 0.5) is 0 Å². The van der Waals surface area contributed by atoms with E-state index in [0.29, 0.717) is 19.0 Å². The lowest BCUT2D eigenvalue weighted by molar-refractivity contribution is 0.0764. The first-order chi connectivity index (χ1) is 8.50. The van der Waals surface area contributed by atoms with E-state index < -0.39 is 11.4 Å². The number of rotatable bonds is 3. The maximum atomic E-state index is 12.1. The van der Waals surface area contributed by atoms with Crippen molar-refractivity contribution in [3.63, 3.8) is 0 Å². The fraction of sp³-hybridized carbons (Fsp3) is 0.583. The number of aromatic nitrogens is 2. The van der Waals surface area contributed by atoms with E-state index in [2.05, 4.69) is 4.98 Å². The van der Waals surface area contributed by atoms with E-state index in [1.165, 1.54) is 4.57 Å². The highest BCUT2D eigenvalue weighted by atomic mass is 16.5. The summed E-state index contributed by atoms with van der Waals surface area (Å²) in [6.07, 6.45) is 0.223. The average molecular weight is 252 g/mol. The molecule has 6 nitrogen and oxygen atoms in total. The smallest absolute Gasteiger partial charge is 0.268 e. The van der Waals surface area contributed by atoms with Gasteiger partial charge in [-0.05, 0) is 5.92 Å². The van der Waals surface area contributed by atoms with Crippen LogP contribution < -0.4 is 5.56 Å². The Morgan fingerprint density at radius 2 is 2.28 bits per heavy atom. The number of carbonyl (C=O) groups is 1. The number of ketones is 1. The van der Waals surface area contributed by atoms with Crippen molar-refractivity contribution in [2.24, 2.45) is 5.92 Å². The first-order valence-electron chi connectivity index (χ1n) is 5.94. The zero-order valence-electron chi connectivity index (χ0n) is 10.5. The van der Waals surface area contributed by atoms with Gasteiger partial charge in [0.05, 0.1) is 13.2 Å². The zero-order valence-corrected chi connectivity index (χ0v) is 10.5. The van der Waals surface area contributed by atoms with E-state index in [0.717, 1.165) is 0 Å². The van der Waals surface area contributed by atoms with Crippen molar-refractivity contribution in [3.8, 4) is 5.88 Å². The Morgan fingerprint density at radius 1 is 1.56 bits per heavy atom. The number of hydrogen-bond donors (Lipinski definition) is 1. The maximum Gasteiger partial charge on any atom is 0.268 e. The number of Topliss-reactive ketones (excluding diaryl/α,β-unsaturated/α-hetero) is 1. The highest BCUT2D eigenvalue weighted by Gasteiger charge is 2.23. The Kier molecular flexibility index (Phi) is 3.47. The SMILES string of the molecule is CC(C)CC(=O)c1c(O)nc2n(c1=O)CCOC2. The van der Waals surface area contributed by atoms with Crippen molar-refractivity contribution in [2.45, 2.75) is 33.4 Å². The Morgan fingerprint density at radius 3 is 2.94 bits per heavy atom. The summed E-state index contributed by atoms with van der Waals surface area (Å²) in [7, 11) is 0. The predicted molar refractivity (Wildman–Crippen MR) is 63.6 cm³/mol. The molecule has 0 atom stereocenters. The van der Waals surface area contributed by atoms with Crippen LogP contribution in [-0.4, -0.2) is 27.0 Å². The second-order valence-electron chi connectivity index (χ2n) is 4.76. The number of fused-ring (bicyclic) bond motifs is 1. The predicted octanol–water partition coefficient (Wildman–Crippen LogP) is 0.708. The fourth-order valence-corrected chi connectivity index (χ4v) is 1.96. The van der Waals surface area contributed by atoms with Crippen LogP contribution in [-0.2, 0) is 17.9 Å². The Balaban J connectivity index is 2.48. The minimum atomic E-state index is -0.484. The monoisotopic (exact) mass is 252 g/mol. The van der Waals surface area contributed by atoms with Crippen LogP contribution in [0, 0.1) is 5.92 Å². The molecule has 0 bridgehead atoms. The molecule has 98 valence electrons. The Labute approximate surface area is 104 Å². The molecule has 0 aromatic carbocycles. The molecule has 1 aromatic rings.